The SMILES string of the molecule is Cc1ccc(NC(=O)C(=O)NCC(O)c2cn(C)c3ccccc23)c([N+](=O)[O-])c1. The van der Waals surface area contributed by atoms with E-state index in [0.717, 1.165) is 10.9 Å². The minimum atomic E-state index is -1.05. The van der Waals surface area contributed by atoms with Gasteiger partial charge in [0, 0.05) is 42.3 Å². The zero-order valence-corrected chi connectivity index (χ0v) is 15.9. The molecule has 0 radical (unpaired) electrons. The first-order chi connectivity index (χ1) is 13.8. The highest BCUT2D eigenvalue weighted by Crippen LogP contribution is 2.26. The molecule has 3 rings (SSSR count). The molecule has 9 nitrogen and oxygen atoms in total. The Morgan fingerprint density at radius 3 is 2.66 bits per heavy atom. The molecule has 0 fully saturated rings. The normalized spacial score (nSPS) is 11.8. The van der Waals surface area contributed by atoms with Crippen molar-refractivity contribution in [2.75, 3.05) is 11.9 Å². The number of amides is 2. The van der Waals surface area contributed by atoms with Crippen molar-refractivity contribution in [1.29, 1.82) is 0 Å². The second-order valence-corrected chi connectivity index (χ2v) is 6.67. The van der Waals surface area contributed by atoms with Gasteiger partial charge in [-0.15, -0.1) is 0 Å². The number of nitrogens with zero attached hydrogens (tertiary/aromatic N) is 2. The van der Waals surface area contributed by atoms with Crippen molar-refractivity contribution < 1.29 is 19.6 Å². The number of aryl methyl sites for hydroxylation is 2. The fraction of sp³-hybridized carbons (Fsp3) is 0.200. The molecule has 0 spiro atoms. The lowest BCUT2D eigenvalue weighted by molar-refractivity contribution is -0.384. The van der Waals surface area contributed by atoms with Gasteiger partial charge in [-0.25, -0.2) is 0 Å². The summed E-state index contributed by atoms with van der Waals surface area (Å²) in [5, 5.41) is 27.0. The van der Waals surface area contributed by atoms with Crippen LogP contribution in [0.4, 0.5) is 11.4 Å². The van der Waals surface area contributed by atoms with Crippen LogP contribution >= 0.6 is 0 Å². The van der Waals surface area contributed by atoms with Gasteiger partial charge in [0.1, 0.15) is 5.69 Å². The number of nitro groups is 1. The monoisotopic (exact) mass is 396 g/mol. The summed E-state index contributed by atoms with van der Waals surface area (Å²) in [4.78, 5) is 34.7. The number of carbonyl (C=O) groups excluding carboxylic acids is 2. The van der Waals surface area contributed by atoms with E-state index in [0.29, 0.717) is 11.1 Å². The van der Waals surface area contributed by atoms with Crippen molar-refractivity contribution in [2.24, 2.45) is 7.05 Å². The molecule has 0 saturated heterocycles. The number of aliphatic hydroxyl groups is 1. The van der Waals surface area contributed by atoms with Crippen molar-refractivity contribution in [2.45, 2.75) is 13.0 Å². The number of aromatic nitrogens is 1. The van der Waals surface area contributed by atoms with Gasteiger partial charge in [-0.3, -0.25) is 19.7 Å². The lowest BCUT2D eigenvalue weighted by atomic mass is 10.1. The van der Waals surface area contributed by atoms with Crippen molar-refractivity contribution >= 4 is 34.1 Å². The maximum Gasteiger partial charge on any atom is 0.313 e. The number of carbonyl (C=O) groups is 2. The Hall–Kier alpha value is -3.72. The van der Waals surface area contributed by atoms with Crippen LogP contribution in [0.25, 0.3) is 10.9 Å². The zero-order valence-electron chi connectivity index (χ0n) is 15.9. The van der Waals surface area contributed by atoms with Gasteiger partial charge < -0.3 is 20.3 Å². The molecular weight excluding hydrogens is 376 g/mol. The van der Waals surface area contributed by atoms with Gasteiger partial charge >= 0.3 is 11.8 Å². The second kappa shape index (κ2) is 8.11. The third kappa shape index (κ3) is 4.25. The molecule has 1 heterocycles. The molecule has 0 saturated carbocycles. The first-order valence-corrected chi connectivity index (χ1v) is 8.84. The highest BCUT2D eigenvalue weighted by molar-refractivity contribution is 6.39. The quantitative estimate of drug-likeness (QED) is 0.346. The van der Waals surface area contributed by atoms with Gasteiger partial charge in [-0.2, -0.15) is 0 Å². The molecule has 3 aromatic rings. The first-order valence-electron chi connectivity index (χ1n) is 8.84. The summed E-state index contributed by atoms with van der Waals surface area (Å²) in [7, 11) is 1.85. The van der Waals surface area contributed by atoms with Crippen molar-refractivity contribution in [3.63, 3.8) is 0 Å². The average Bonchev–Trinajstić information content (AvgIpc) is 3.04. The molecule has 0 bridgehead atoms. The number of anilines is 1. The summed E-state index contributed by atoms with van der Waals surface area (Å²) < 4.78 is 1.86. The lowest BCUT2D eigenvalue weighted by Crippen LogP contribution is -2.37. The molecule has 0 aliphatic rings. The Labute approximate surface area is 166 Å². The Morgan fingerprint density at radius 1 is 1.21 bits per heavy atom. The predicted octanol–water partition coefficient (Wildman–Crippen LogP) is 2.18. The lowest BCUT2D eigenvalue weighted by Gasteiger charge is -2.11. The predicted molar refractivity (Wildman–Crippen MR) is 107 cm³/mol. The maximum absolute atomic E-state index is 12.1. The van der Waals surface area contributed by atoms with E-state index >= 15 is 0 Å². The molecule has 2 aromatic carbocycles. The highest BCUT2D eigenvalue weighted by atomic mass is 16.6. The van der Waals surface area contributed by atoms with Crippen LogP contribution in [0.5, 0.6) is 0 Å². The summed E-state index contributed by atoms with van der Waals surface area (Å²) in [6.07, 6.45) is 0.739. The van der Waals surface area contributed by atoms with Gasteiger partial charge in [0.2, 0.25) is 0 Å². The topological polar surface area (TPSA) is 127 Å². The number of para-hydroxylation sites is 1. The van der Waals surface area contributed by atoms with Crippen molar-refractivity contribution in [1.82, 2.24) is 9.88 Å². The molecule has 1 atom stereocenters. The highest BCUT2D eigenvalue weighted by Gasteiger charge is 2.22. The zero-order chi connectivity index (χ0) is 21.1. The fourth-order valence-electron chi connectivity index (χ4n) is 3.10. The van der Waals surface area contributed by atoms with Crippen LogP contribution in [0.15, 0.2) is 48.7 Å². The van der Waals surface area contributed by atoms with Crippen molar-refractivity contribution in [3.8, 4) is 0 Å². The molecular formula is C20H20N4O5. The third-order valence-corrected chi connectivity index (χ3v) is 4.55. The number of benzene rings is 2. The Morgan fingerprint density at radius 2 is 1.93 bits per heavy atom. The average molecular weight is 396 g/mol. The van der Waals surface area contributed by atoms with E-state index < -0.39 is 22.8 Å². The number of aliphatic hydroxyl groups excluding tert-OH is 1. The third-order valence-electron chi connectivity index (χ3n) is 4.55. The largest absolute Gasteiger partial charge is 0.386 e. The van der Waals surface area contributed by atoms with Crippen LogP contribution in [-0.4, -0.2) is 33.0 Å². The summed E-state index contributed by atoms with van der Waals surface area (Å²) in [5.41, 5.74) is 1.82. The number of rotatable bonds is 5. The molecule has 2 amide bonds. The Balaban J connectivity index is 1.66. The van der Waals surface area contributed by atoms with Crippen LogP contribution in [0.1, 0.15) is 17.2 Å². The van der Waals surface area contributed by atoms with E-state index in [4.69, 9.17) is 0 Å². The fourth-order valence-corrected chi connectivity index (χ4v) is 3.10. The number of fused-ring (bicyclic) bond motifs is 1. The molecule has 0 aliphatic heterocycles. The van der Waals surface area contributed by atoms with E-state index in [9.17, 15) is 24.8 Å². The van der Waals surface area contributed by atoms with Gasteiger partial charge in [0.25, 0.3) is 5.69 Å². The summed E-state index contributed by atoms with van der Waals surface area (Å²) in [6, 6.07) is 11.8. The van der Waals surface area contributed by atoms with Crippen LogP contribution in [0, 0.1) is 17.0 Å². The minimum absolute atomic E-state index is 0.0737. The molecule has 1 unspecified atom stereocenters. The van der Waals surface area contributed by atoms with Gasteiger partial charge in [0.05, 0.1) is 11.0 Å². The molecule has 150 valence electrons. The second-order valence-electron chi connectivity index (χ2n) is 6.67. The van der Waals surface area contributed by atoms with Gasteiger partial charge in [-0.05, 0) is 24.6 Å². The summed E-state index contributed by atoms with van der Waals surface area (Å²) in [6.45, 7) is 1.50. The molecule has 29 heavy (non-hydrogen) atoms. The van der Waals surface area contributed by atoms with Crippen molar-refractivity contribution in [3.05, 3.63) is 69.9 Å². The molecule has 3 N–H and O–H groups in total. The van der Waals surface area contributed by atoms with Gasteiger partial charge in [-0.1, -0.05) is 24.3 Å². The van der Waals surface area contributed by atoms with Crippen LogP contribution in [-0.2, 0) is 16.6 Å². The summed E-state index contributed by atoms with van der Waals surface area (Å²) >= 11 is 0. The standard InChI is InChI=1S/C20H20N4O5/c1-12-7-8-15(17(9-12)24(28)29)22-20(27)19(26)21-10-18(25)14-11-23(2)16-6-4-3-5-13(14)16/h3-9,11,18,25H,10H2,1-2H3,(H,21,26)(H,22,27). The number of hydrogen-bond acceptors (Lipinski definition) is 5. The number of nitro benzene ring substituents is 1. The first kappa shape index (κ1) is 20.0. The van der Waals surface area contributed by atoms with Gasteiger partial charge in [0.15, 0.2) is 0 Å². The number of hydrogen-bond donors (Lipinski definition) is 3. The van der Waals surface area contributed by atoms with Crippen LogP contribution in [0.2, 0.25) is 0 Å². The van der Waals surface area contributed by atoms with Crippen LogP contribution < -0.4 is 10.6 Å². The molecule has 0 aliphatic carbocycles. The van der Waals surface area contributed by atoms with E-state index in [1.54, 1.807) is 19.2 Å². The smallest absolute Gasteiger partial charge is 0.313 e. The minimum Gasteiger partial charge on any atom is -0.386 e. The Bertz CT molecular complexity index is 1110. The van der Waals surface area contributed by atoms with E-state index in [-0.39, 0.29) is 17.9 Å². The Kier molecular flexibility index (Phi) is 5.60. The van der Waals surface area contributed by atoms with E-state index in [2.05, 4.69) is 10.6 Å². The maximum atomic E-state index is 12.1. The molecule has 9 heteroatoms. The van der Waals surface area contributed by atoms with E-state index in [1.807, 2.05) is 35.9 Å². The van der Waals surface area contributed by atoms with Crippen LogP contribution in [0.3, 0.4) is 0 Å². The summed E-state index contributed by atoms with van der Waals surface area (Å²) in [5.74, 6) is -2.05. The molecule has 1 aromatic heterocycles. The number of nitrogens with one attached hydrogen (secondary N) is 2. The van der Waals surface area contributed by atoms with E-state index in [1.165, 1.54) is 12.1 Å².